The van der Waals surface area contributed by atoms with Gasteiger partial charge >= 0.3 is 0 Å². The Bertz CT molecular complexity index is 918. The number of methoxy groups -OCH3 is 1. The average Bonchev–Trinajstić information content (AvgIpc) is 2.62. The second-order valence-corrected chi connectivity index (χ2v) is 5.39. The highest BCUT2D eigenvalue weighted by Crippen LogP contribution is 2.26. The van der Waals surface area contributed by atoms with E-state index in [4.69, 9.17) is 4.74 Å². The number of hydrogen-bond acceptors (Lipinski definition) is 4. The van der Waals surface area contributed by atoms with Crippen LogP contribution < -0.4 is 5.32 Å². The zero-order valence-corrected chi connectivity index (χ0v) is 13.2. The Morgan fingerprint density at radius 3 is 2.88 bits per heavy atom. The molecular formula is C19H16FN3O. The lowest BCUT2D eigenvalue weighted by atomic mass is 10.1. The van der Waals surface area contributed by atoms with Crippen molar-refractivity contribution in [3.63, 3.8) is 0 Å². The lowest BCUT2D eigenvalue weighted by Crippen LogP contribution is -2.04. The number of para-hydroxylation sites is 1. The molecule has 1 heterocycles. The van der Waals surface area contributed by atoms with Crippen LogP contribution in [0.2, 0.25) is 0 Å². The van der Waals surface area contributed by atoms with Crippen LogP contribution in [0.15, 0.2) is 48.7 Å². The highest BCUT2D eigenvalue weighted by Gasteiger charge is 2.09. The molecule has 0 aliphatic carbocycles. The molecule has 0 aliphatic rings. The molecule has 24 heavy (non-hydrogen) atoms. The molecule has 0 fully saturated rings. The molecule has 0 aliphatic heterocycles. The maximum absolute atomic E-state index is 13.7. The summed E-state index contributed by atoms with van der Waals surface area (Å²) >= 11 is 0. The Kier molecular flexibility index (Phi) is 4.69. The SMILES string of the molecule is COCc1cc(CNc2c(C#N)cnc3ccccc23)ccc1F. The van der Waals surface area contributed by atoms with Gasteiger partial charge in [0.05, 0.1) is 23.4 Å². The fourth-order valence-corrected chi connectivity index (χ4v) is 2.61. The molecule has 0 saturated heterocycles. The van der Waals surface area contributed by atoms with Crippen LogP contribution in [-0.4, -0.2) is 12.1 Å². The third-order valence-electron chi connectivity index (χ3n) is 3.78. The first kappa shape index (κ1) is 15.9. The Labute approximate surface area is 139 Å². The Balaban J connectivity index is 1.91. The van der Waals surface area contributed by atoms with Crippen LogP contribution in [-0.2, 0) is 17.9 Å². The third kappa shape index (κ3) is 3.19. The minimum Gasteiger partial charge on any atom is -0.380 e. The van der Waals surface area contributed by atoms with Gasteiger partial charge in [0.2, 0.25) is 0 Å². The first-order valence-corrected chi connectivity index (χ1v) is 7.51. The largest absolute Gasteiger partial charge is 0.380 e. The maximum Gasteiger partial charge on any atom is 0.128 e. The van der Waals surface area contributed by atoms with Crippen LogP contribution in [0.3, 0.4) is 0 Å². The summed E-state index contributed by atoms with van der Waals surface area (Å²) in [5, 5.41) is 13.5. The van der Waals surface area contributed by atoms with Gasteiger partial charge in [0.25, 0.3) is 0 Å². The smallest absolute Gasteiger partial charge is 0.128 e. The molecule has 0 amide bonds. The molecule has 0 saturated carbocycles. The van der Waals surface area contributed by atoms with Crippen molar-refractivity contribution in [3.8, 4) is 6.07 Å². The summed E-state index contributed by atoms with van der Waals surface area (Å²) in [6.07, 6.45) is 1.56. The summed E-state index contributed by atoms with van der Waals surface area (Å²) in [6.45, 7) is 0.695. The van der Waals surface area contributed by atoms with Crippen molar-refractivity contribution in [1.29, 1.82) is 5.26 Å². The standard InChI is InChI=1S/C19H16FN3O/c1-24-12-14-8-13(6-7-17(14)20)10-23-19-15(9-21)11-22-18-5-3-2-4-16(18)19/h2-8,11H,10,12H2,1H3,(H,22,23). The minimum atomic E-state index is -0.285. The van der Waals surface area contributed by atoms with E-state index >= 15 is 0 Å². The highest BCUT2D eigenvalue weighted by molar-refractivity contribution is 5.93. The topological polar surface area (TPSA) is 57.9 Å². The summed E-state index contributed by atoms with van der Waals surface area (Å²) in [4.78, 5) is 4.29. The molecule has 1 aromatic heterocycles. The highest BCUT2D eigenvalue weighted by atomic mass is 19.1. The molecule has 0 unspecified atom stereocenters. The second-order valence-electron chi connectivity index (χ2n) is 5.39. The molecule has 1 N–H and O–H groups in total. The van der Waals surface area contributed by atoms with Gasteiger partial charge in [-0.05, 0) is 23.8 Å². The fraction of sp³-hybridized carbons (Fsp3) is 0.158. The van der Waals surface area contributed by atoms with E-state index in [1.165, 1.54) is 13.2 Å². The van der Waals surface area contributed by atoms with Crippen molar-refractivity contribution < 1.29 is 9.13 Å². The number of hydrogen-bond donors (Lipinski definition) is 1. The Hall–Kier alpha value is -2.97. The normalized spacial score (nSPS) is 10.5. The second kappa shape index (κ2) is 7.07. The van der Waals surface area contributed by atoms with E-state index < -0.39 is 0 Å². The predicted molar refractivity (Wildman–Crippen MR) is 90.9 cm³/mol. The van der Waals surface area contributed by atoms with Crippen molar-refractivity contribution in [1.82, 2.24) is 4.98 Å². The van der Waals surface area contributed by atoms with Crippen molar-refractivity contribution >= 4 is 16.6 Å². The Morgan fingerprint density at radius 2 is 2.08 bits per heavy atom. The monoisotopic (exact) mass is 321 g/mol. The molecule has 0 radical (unpaired) electrons. The van der Waals surface area contributed by atoms with Crippen molar-refractivity contribution in [2.45, 2.75) is 13.2 Å². The van der Waals surface area contributed by atoms with Gasteiger partial charge in [-0.15, -0.1) is 0 Å². The minimum absolute atomic E-state index is 0.224. The number of aromatic nitrogens is 1. The van der Waals surface area contributed by atoms with E-state index in [2.05, 4.69) is 16.4 Å². The van der Waals surface area contributed by atoms with Crippen molar-refractivity contribution in [2.75, 3.05) is 12.4 Å². The summed E-state index contributed by atoms with van der Waals surface area (Å²) in [6, 6.07) is 14.7. The van der Waals surface area contributed by atoms with E-state index in [1.54, 1.807) is 18.3 Å². The first-order valence-electron chi connectivity index (χ1n) is 7.51. The van der Waals surface area contributed by atoms with E-state index in [1.807, 2.05) is 24.3 Å². The lowest BCUT2D eigenvalue weighted by Gasteiger charge is -2.12. The van der Waals surface area contributed by atoms with Gasteiger partial charge in [-0.2, -0.15) is 5.26 Å². The number of pyridine rings is 1. The first-order chi connectivity index (χ1) is 11.7. The molecule has 120 valence electrons. The summed E-state index contributed by atoms with van der Waals surface area (Å²) in [5.41, 5.74) is 3.46. The van der Waals surface area contributed by atoms with E-state index in [9.17, 15) is 9.65 Å². The van der Waals surface area contributed by atoms with Crippen LogP contribution in [0.4, 0.5) is 10.1 Å². The van der Waals surface area contributed by atoms with Crippen molar-refractivity contribution in [2.24, 2.45) is 0 Å². The Morgan fingerprint density at radius 1 is 1.25 bits per heavy atom. The van der Waals surface area contributed by atoms with Gasteiger partial charge in [0.1, 0.15) is 11.9 Å². The lowest BCUT2D eigenvalue weighted by molar-refractivity contribution is 0.181. The summed E-state index contributed by atoms with van der Waals surface area (Å²) in [5.74, 6) is -0.285. The molecule has 0 atom stereocenters. The molecule has 3 rings (SSSR count). The average molecular weight is 321 g/mol. The quantitative estimate of drug-likeness (QED) is 0.771. The molecule has 5 heteroatoms. The number of rotatable bonds is 5. The molecular weight excluding hydrogens is 305 g/mol. The molecule has 3 aromatic rings. The number of anilines is 1. The fourth-order valence-electron chi connectivity index (χ4n) is 2.61. The molecule has 2 aromatic carbocycles. The maximum atomic E-state index is 13.7. The molecule has 0 bridgehead atoms. The van der Waals surface area contributed by atoms with Gasteiger partial charge in [-0.25, -0.2) is 4.39 Å². The van der Waals surface area contributed by atoms with E-state index in [-0.39, 0.29) is 12.4 Å². The predicted octanol–water partition coefficient (Wildman–Crippen LogP) is 4.00. The number of fused-ring (bicyclic) bond motifs is 1. The number of ether oxygens (including phenoxy) is 1. The summed E-state index contributed by atoms with van der Waals surface area (Å²) < 4.78 is 18.7. The van der Waals surface area contributed by atoms with E-state index in [0.29, 0.717) is 17.7 Å². The van der Waals surface area contributed by atoms with Gasteiger partial charge in [0, 0.05) is 30.8 Å². The van der Waals surface area contributed by atoms with Crippen LogP contribution >= 0.6 is 0 Å². The van der Waals surface area contributed by atoms with Crippen LogP contribution in [0, 0.1) is 17.1 Å². The molecule has 4 nitrogen and oxygen atoms in total. The van der Waals surface area contributed by atoms with Gasteiger partial charge in [-0.1, -0.05) is 24.3 Å². The van der Waals surface area contributed by atoms with Gasteiger partial charge in [-0.3, -0.25) is 4.98 Å². The zero-order chi connectivity index (χ0) is 16.9. The number of nitrogens with zero attached hydrogens (tertiary/aromatic N) is 2. The number of benzene rings is 2. The molecule has 0 spiro atoms. The van der Waals surface area contributed by atoms with Crippen molar-refractivity contribution in [3.05, 3.63) is 71.2 Å². The number of halogens is 1. The summed E-state index contributed by atoms with van der Waals surface area (Å²) in [7, 11) is 1.53. The van der Waals surface area contributed by atoms with Crippen LogP contribution in [0.1, 0.15) is 16.7 Å². The van der Waals surface area contributed by atoms with Crippen LogP contribution in [0.5, 0.6) is 0 Å². The number of nitrogens with one attached hydrogen (secondary N) is 1. The van der Waals surface area contributed by atoms with Gasteiger partial charge in [0.15, 0.2) is 0 Å². The third-order valence-corrected chi connectivity index (χ3v) is 3.78. The number of nitriles is 1. The van der Waals surface area contributed by atoms with Crippen LogP contribution in [0.25, 0.3) is 10.9 Å². The van der Waals surface area contributed by atoms with Gasteiger partial charge < -0.3 is 10.1 Å². The van der Waals surface area contributed by atoms with E-state index in [0.717, 1.165) is 22.2 Å². The zero-order valence-electron chi connectivity index (χ0n) is 13.2.